The summed E-state index contributed by atoms with van der Waals surface area (Å²) in [5.41, 5.74) is 5.80. The van der Waals surface area contributed by atoms with Gasteiger partial charge in [-0.1, -0.05) is 6.92 Å². The molecule has 6 nitrogen and oxygen atoms in total. The molecule has 0 aliphatic heterocycles. The van der Waals surface area contributed by atoms with E-state index in [2.05, 4.69) is 21.2 Å². The summed E-state index contributed by atoms with van der Waals surface area (Å²) in [6, 6.07) is 3.51. The molecule has 1 aromatic rings. The van der Waals surface area contributed by atoms with Crippen LogP contribution in [0.4, 0.5) is 11.4 Å². The van der Waals surface area contributed by atoms with Crippen molar-refractivity contribution in [2.45, 2.75) is 19.4 Å². The van der Waals surface area contributed by atoms with E-state index >= 15 is 0 Å². The van der Waals surface area contributed by atoms with E-state index in [1.54, 1.807) is 6.92 Å². The summed E-state index contributed by atoms with van der Waals surface area (Å²) in [5, 5.41) is 13.1. The van der Waals surface area contributed by atoms with E-state index in [9.17, 15) is 14.9 Å². The van der Waals surface area contributed by atoms with E-state index in [0.717, 1.165) is 0 Å². The normalized spacial score (nSPS) is 11.9. The summed E-state index contributed by atoms with van der Waals surface area (Å²) in [4.78, 5) is 21.6. The number of amides is 1. The van der Waals surface area contributed by atoms with Crippen LogP contribution in [0, 0.1) is 10.1 Å². The molecular weight excluding hydrogens is 290 g/mol. The quantitative estimate of drug-likeness (QED) is 0.656. The number of benzene rings is 1. The predicted octanol–water partition coefficient (Wildman–Crippen LogP) is 2.03. The van der Waals surface area contributed by atoms with Crippen LogP contribution >= 0.6 is 15.9 Å². The first-order valence-electron chi connectivity index (χ1n) is 4.96. The van der Waals surface area contributed by atoms with E-state index in [1.165, 1.54) is 18.2 Å². The maximum Gasteiger partial charge on any atom is 0.271 e. The Balaban J connectivity index is 2.94. The molecule has 0 aliphatic carbocycles. The minimum atomic E-state index is -0.624. The average molecular weight is 302 g/mol. The first-order chi connectivity index (χ1) is 7.95. The van der Waals surface area contributed by atoms with Crippen molar-refractivity contribution in [2.75, 3.05) is 5.32 Å². The number of nitrogens with zero attached hydrogens (tertiary/aromatic N) is 1. The fourth-order valence-electron chi connectivity index (χ4n) is 1.13. The summed E-state index contributed by atoms with van der Waals surface area (Å²) < 4.78 is 0.569. The summed E-state index contributed by atoms with van der Waals surface area (Å²) in [5.74, 6) is -0.367. The van der Waals surface area contributed by atoms with Gasteiger partial charge in [-0.15, -0.1) is 0 Å². The molecule has 0 saturated heterocycles. The molecule has 1 amide bonds. The third-order valence-electron chi connectivity index (χ3n) is 2.20. The molecule has 92 valence electrons. The SMILES string of the molecule is CC[C@@H](N)C(=O)Nc1cc([N+](=O)[O-])ccc1Br. The van der Waals surface area contributed by atoms with Crippen LogP contribution in [0.1, 0.15) is 13.3 Å². The van der Waals surface area contributed by atoms with E-state index in [-0.39, 0.29) is 11.6 Å². The van der Waals surface area contributed by atoms with Gasteiger partial charge in [-0.2, -0.15) is 0 Å². The van der Waals surface area contributed by atoms with Crippen LogP contribution in [-0.4, -0.2) is 16.9 Å². The highest BCUT2D eigenvalue weighted by Crippen LogP contribution is 2.27. The number of halogens is 1. The van der Waals surface area contributed by atoms with Crippen LogP contribution in [0.25, 0.3) is 0 Å². The molecule has 0 radical (unpaired) electrons. The van der Waals surface area contributed by atoms with Crippen molar-refractivity contribution < 1.29 is 9.72 Å². The average Bonchev–Trinajstić information content (AvgIpc) is 2.30. The minimum Gasteiger partial charge on any atom is -0.323 e. The second-order valence-electron chi connectivity index (χ2n) is 3.43. The van der Waals surface area contributed by atoms with Gasteiger partial charge in [0.2, 0.25) is 5.91 Å². The van der Waals surface area contributed by atoms with Gasteiger partial charge in [0.15, 0.2) is 0 Å². The first kappa shape index (κ1) is 13.6. The lowest BCUT2D eigenvalue weighted by Crippen LogP contribution is -2.34. The summed E-state index contributed by atoms with van der Waals surface area (Å²) in [6.07, 6.45) is 0.498. The van der Waals surface area contributed by atoms with Crippen molar-refractivity contribution in [3.8, 4) is 0 Å². The number of nitro benzene ring substituents is 1. The molecular formula is C10H12BrN3O3. The lowest BCUT2D eigenvalue weighted by atomic mass is 10.2. The Morgan fingerprint density at radius 1 is 1.65 bits per heavy atom. The predicted molar refractivity (Wildman–Crippen MR) is 67.7 cm³/mol. The number of non-ortho nitro benzene ring substituents is 1. The highest BCUT2D eigenvalue weighted by Gasteiger charge is 2.15. The first-order valence-corrected chi connectivity index (χ1v) is 5.75. The largest absolute Gasteiger partial charge is 0.323 e. The third-order valence-corrected chi connectivity index (χ3v) is 2.89. The van der Waals surface area contributed by atoms with Crippen LogP contribution in [0.15, 0.2) is 22.7 Å². The van der Waals surface area contributed by atoms with Gasteiger partial charge >= 0.3 is 0 Å². The monoisotopic (exact) mass is 301 g/mol. The number of hydrogen-bond acceptors (Lipinski definition) is 4. The smallest absolute Gasteiger partial charge is 0.271 e. The van der Waals surface area contributed by atoms with Crippen molar-refractivity contribution in [1.29, 1.82) is 0 Å². The van der Waals surface area contributed by atoms with Gasteiger partial charge in [-0.05, 0) is 28.4 Å². The topological polar surface area (TPSA) is 98.3 Å². The zero-order valence-electron chi connectivity index (χ0n) is 9.14. The van der Waals surface area contributed by atoms with E-state index in [1.807, 2.05) is 0 Å². The zero-order valence-corrected chi connectivity index (χ0v) is 10.7. The fraction of sp³-hybridized carbons (Fsp3) is 0.300. The number of nitrogens with one attached hydrogen (secondary N) is 1. The molecule has 0 spiro atoms. The number of rotatable bonds is 4. The number of hydrogen-bond donors (Lipinski definition) is 2. The van der Waals surface area contributed by atoms with E-state index < -0.39 is 11.0 Å². The molecule has 0 saturated carbocycles. The fourth-order valence-corrected chi connectivity index (χ4v) is 1.48. The summed E-state index contributed by atoms with van der Waals surface area (Å²) in [6.45, 7) is 1.78. The number of anilines is 1. The van der Waals surface area contributed by atoms with Crippen LogP contribution in [0.3, 0.4) is 0 Å². The van der Waals surface area contributed by atoms with Crippen LogP contribution in [0.5, 0.6) is 0 Å². The molecule has 1 atom stereocenters. The molecule has 7 heteroatoms. The number of nitro groups is 1. The lowest BCUT2D eigenvalue weighted by molar-refractivity contribution is -0.384. The minimum absolute atomic E-state index is 0.0893. The molecule has 0 fully saturated rings. The van der Waals surface area contributed by atoms with Crippen molar-refractivity contribution in [2.24, 2.45) is 5.73 Å². The Hall–Kier alpha value is -1.47. The van der Waals surface area contributed by atoms with Gasteiger partial charge in [0.25, 0.3) is 5.69 Å². The molecule has 0 unspecified atom stereocenters. The highest BCUT2D eigenvalue weighted by molar-refractivity contribution is 9.10. The van der Waals surface area contributed by atoms with Gasteiger partial charge in [-0.3, -0.25) is 14.9 Å². The van der Waals surface area contributed by atoms with Crippen molar-refractivity contribution in [1.82, 2.24) is 0 Å². The van der Waals surface area contributed by atoms with Crippen molar-refractivity contribution in [3.05, 3.63) is 32.8 Å². The standard InChI is InChI=1S/C10H12BrN3O3/c1-2-8(12)10(15)13-9-5-6(14(16)17)3-4-7(9)11/h3-5,8H,2,12H2,1H3,(H,13,15)/t8-/m1/s1. The van der Waals surface area contributed by atoms with Gasteiger partial charge < -0.3 is 11.1 Å². The second-order valence-corrected chi connectivity index (χ2v) is 4.28. The van der Waals surface area contributed by atoms with Gasteiger partial charge in [0.05, 0.1) is 16.7 Å². The van der Waals surface area contributed by atoms with Gasteiger partial charge in [0.1, 0.15) is 0 Å². The van der Waals surface area contributed by atoms with E-state index in [4.69, 9.17) is 5.73 Å². The number of carbonyl (C=O) groups excluding carboxylic acids is 1. The number of carbonyl (C=O) groups is 1. The Labute approximate surface area is 106 Å². The molecule has 0 heterocycles. The van der Waals surface area contributed by atoms with Crippen molar-refractivity contribution >= 4 is 33.2 Å². The molecule has 1 aromatic carbocycles. The highest BCUT2D eigenvalue weighted by atomic mass is 79.9. The van der Waals surface area contributed by atoms with E-state index in [0.29, 0.717) is 16.6 Å². The lowest BCUT2D eigenvalue weighted by Gasteiger charge is -2.11. The van der Waals surface area contributed by atoms with Crippen LogP contribution < -0.4 is 11.1 Å². The molecule has 0 bridgehead atoms. The van der Waals surface area contributed by atoms with Gasteiger partial charge in [-0.25, -0.2) is 0 Å². The Morgan fingerprint density at radius 3 is 2.82 bits per heavy atom. The Kier molecular flexibility index (Phi) is 4.59. The number of nitrogens with two attached hydrogens (primary N) is 1. The van der Waals surface area contributed by atoms with Gasteiger partial charge in [0, 0.05) is 16.6 Å². The second kappa shape index (κ2) is 5.74. The molecule has 0 aromatic heterocycles. The van der Waals surface area contributed by atoms with Crippen LogP contribution in [0.2, 0.25) is 0 Å². The molecule has 3 N–H and O–H groups in total. The molecule has 0 aliphatic rings. The van der Waals surface area contributed by atoms with Crippen molar-refractivity contribution in [3.63, 3.8) is 0 Å². The zero-order chi connectivity index (χ0) is 13.0. The summed E-state index contributed by atoms with van der Waals surface area (Å²) in [7, 11) is 0. The molecule has 1 rings (SSSR count). The Morgan fingerprint density at radius 2 is 2.29 bits per heavy atom. The third kappa shape index (κ3) is 3.50. The maximum atomic E-state index is 11.6. The molecule has 17 heavy (non-hydrogen) atoms. The summed E-state index contributed by atoms with van der Waals surface area (Å²) >= 11 is 3.20. The maximum absolute atomic E-state index is 11.6. The Bertz CT molecular complexity index is 450. The van der Waals surface area contributed by atoms with Crippen LogP contribution in [-0.2, 0) is 4.79 Å².